The topological polar surface area (TPSA) is 22.8 Å². The Morgan fingerprint density at radius 2 is 2.08 bits per heavy atom. The third-order valence-corrected chi connectivity index (χ3v) is 1.67. The molecule has 0 spiro atoms. The number of nitrogens with zero attached hydrogens (tertiary/aromatic N) is 1. The molecule has 0 bridgehead atoms. The number of fused-ring (bicyclic) bond motifs is 1. The van der Waals surface area contributed by atoms with Crippen LogP contribution in [0.1, 0.15) is 0 Å². The molecule has 0 amide bonds. The van der Waals surface area contributed by atoms with Crippen LogP contribution in [0.2, 0.25) is 0 Å². The molecule has 12 heavy (non-hydrogen) atoms. The van der Waals surface area contributed by atoms with Crippen LogP contribution >= 0.6 is 0 Å². The molecule has 0 saturated carbocycles. The molecule has 1 aliphatic rings. The maximum atomic E-state index is 6.87. The van der Waals surface area contributed by atoms with Crippen LogP contribution in [0.15, 0.2) is 18.2 Å². The Labute approximate surface area is 70.4 Å². The molecule has 3 heteroatoms. The van der Waals surface area contributed by atoms with Crippen molar-refractivity contribution in [3.8, 4) is 11.5 Å². The van der Waals surface area contributed by atoms with Gasteiger partial charge in [-0.05, 0) is 6.07 Å². The van der Waals surface area contributed by atoms with Crippen LogP contribution in [0.4, 0.5) is 5.69 Å². The van der Waals surface area contributed by atoms with E-state index >= 15 is 0 Å². The lowest BCUT2D eigenvalue weighted by atomic mass is 10.2. The van der Waals surface area contributed by atoms with Crippen molar-refractivity contribution in [1.82, 2.24) is 0 Å². The van der Waals surface area contributed by atoms with Gasteiger partial charge in [0.25, 0.3) is 0 Å². The van der Waals surface area contributed by atoms with Crippen LogP contribution in [0.25, 0.3) is 4.85 Å². The van der Waals surface area contributed by atoms with Gasteiger partial charge in [-0.2, -0.15) is 0 Å². The first-order chi connectivity index (χ1) is 5.92. The van der Waals surface area contributed by atoms with Crippen molar-refractivity contribution in [2.24, 2.45) is 0 Å². The molecule has 1 aromatic rings. The van der Waals surface area contributed by atoms with E-state index in [0.29, 0.717) is 30.4 Å². The zero-order valence-electron chi connectivity index (χ0n) is 6.41. The molecule has 3 nitrogen and oxygen atoms in total. The van der Waals surface area contributed by atoms with Crippen molar-refractivity contribution in [2.45, 2.75) is 0 Å². The Hall–Kier alpha value is -1.69. The molecule has 0 fully saturated rings. The highest BCUT2D eigenvalue weighted by atomic mass is 16.6. The first kappa shape index (κ1) is 6.99. The molecule has 60 valence electrons. The molecule has 2 rings (SSSR count). The van der Waals surface area contributed by atoms with Crippen molar-refractivity contribution in [3.05, 3.63) is 29.6 Å². The smallest absolute Gasteiger partial charge is 0.231 e. The second kappa shape index (κ2) is 2.74. The summed E-state index contributed by atoms with van der Waals surface area (Å²) in [7, 11) is 0. The number of hydrogen-bond donors (Lipinski definition) is 0. The Kier molecular flexibility index (Phi) is 1.60. The van der Waals surface area contributed by atoms with Crippen LogP contribution in [0, 0.1) is 6.57 Å². The lowest BCUT2D eigenvalue weighted by Gasteiger charge is -2.18. The minimum absolute atomic E-state index is 0.521. The average molecular weight is 161 g/mol. The van der Waals surface area contributed by atoms with E-state index in [1.165, 1.54) is 0 Å². The predicted octanol–water partition coefficient (Wildman–Crippen LogP) is 2.01. The van der Waals surface area contributed by atoms with Crippen molar-refractivity contribution >= 4 is 5.69 Å². The van der Waals surface area contributed by atoms with E-state index in [1.54, 1.807) is 12.1 Å². The van der Waals surface area contributed by atoms with Gasteiger partial charge in [0, 0.05) is 0 Å². The Balaban J connectivity index is 2.53. The van der Waals surface area contributed by atoms with E-state index in [9.17, 15) is 0 Å². The standard InChI is InChI=1S/C9H7NO2/c1-10-7-3-2-4-8-9(7)12-6-5-11-8/h2-4H,5-6H2. The predicted molar refractivity (Wildman–Crippen MR) is 43.7 cm³/mol. The molecular formula is C9H7NO2. The molecule has 0 N–H and O–H groups in total. The Morgan fingerprint density at radius 3 is 2.92 bits per heavy atom. The molecule has 1 heterocycles. The van der Waals surface area contributed by atoms with E-state index in [0.717, 1.165) is 0 Å². The van der Waals surface area contributed by atoms with Crippen LogP contribution in [0.3, 0.4) is 0 Å². The normalized spacial score (nSPS) is 13.6. The number of benzene rings is 1. The fourth-order valence-corrected chi connectivity index (χ4v) is 1.15. The number of ether oxygens (including phenoxy) is 2. The largest absolute Gasteiger partial charge is 0.497 e. The van der Waals surface area contributed by atoms with Crippen LogP contribution in [0.5, 0.6) is 11.5 Å². The molecule has 0 radical (unpaired) electrons. The quantitative estimate of drug-likeness (QED) is 0.543. The van der Waals surface area contributed by atoms with Gasteiger partial charge in [0.15, 0.2) is 11.5 Å². The number of para-hydroxylation sites is 1. The van der Waals surface area contributed by atoms with Gasteiger partial charge in [0.05, 0.1) is 6.57 Å². The summed E-state index contributed by atoms with van der Waals surface area (Å²) in [6.45, 7) is 7.96. The number of hydrogen-bond acceptors (Lipinski definition) is 2. The molecule has 1 aliphatic heterocycles. The zero-order valence-corrected chi connectivity index (χ0v) is 6.41. The van der Waals surface area contributed by atoms with Crippen molar-refractivity contribution in [1.29, 1.82) is 0 Å². The summed E-state index contributed by atoms with van der Waals surface area (Å²) in [5.74, 6) is 1.26. The lowest BCUT2D eigenvalue weighted by molar-refractivity contribution is 0.173. The summed E-state index contributed by atoms with van der Waals surface area (Å²) in [6.07, 6.45) is 0. The van der Waals surface area contributed by atoms with E-state index in [1.807, 2.05) is 6.07 Å². The Morgan fingerprint density at radius 1 is 1.25 bits per heavy atom. The highest BCUT2D eigenvalue weighted by Gasteiger charge is 2.14. The van der Waals surface area contributed by atoms with Crippen LogP contribution in [-0.4, -0.2) is 13.2 Å². The summed E-state index contributed by atoms with van der Waals surface area (Å²) < 4.78 is 10.6. The SMILES string of the molecule is [C-]#[N+]c1cccc2c1OCCO2. The minimum Gasteiger partial charge on any atom is -0.497 e. The maximum absolute atomic E-state index is 6.87. The van der Waals surface area contributed by atoms with E-state index in [2.05, 4.69) is 4.85 Å². The maximum Gasteiger partial charge on any atom is 0.231 e. The molecule has 1 aromatic carbocycles. The van der Waals surface area contributed by atoms with Gasteiger partial charge in [-0.3, -0.25) is 0 Å². The molecule has 0 atom stereocenters. The van der Waals surface area contributed by atoms with Gasteiger partial charge in [-0.25, -0.2) is 4.85 Å². The molecule has 0 aromatic heterocycles. The van der Waals surface area contributed by atoms with Gasteiger partial charge < -0.3 is 9.47 Å². The van der Waals surface area contributed by atoms with Crippen molar-refractivity contribution < 1.29 is 9.47 Å². The van der Waals surface area contributed by atoms with Crippen LogP contribution in [-0.2, 0) is 0 Å². The number of rotatable bonds is 0. The van der Waals surface area contributed by atoms with Crippen molar-refractivity contribution in [3.63, 3.8) is 0 Å². The highest BCUT2D eigenvalue weighted by Crippen LogP contribution is 2.38. The molecule has 0 unspecified atom stereocenters. The molecule has 0 aliphatic carbocycles. The van der Waals surface area contributed by atoms with Gasteiger partial charge in [0.2, 0.25) is 5.69 Å². The third kappa shape index (κ3) is 0.978. The summed E-state index contributed by atoms with van der Waals surface area (Å²) in [4.78, 5) is 3.33. The first-order valence-corrected chi connectivity index (χ1v) is 3.68. The van der Waals surface area contributed by atoms with Gasteiger partial charge in [-0.15, -0.1) is 0 Å². The van der Waals surface area contributed by atoms with E-state index in [-0.39, 0.29) is 0 Å². The third-order valence-electron chi connectivity index (χ3n) is 1.67. The lowest BCUT2D eigenvalue weighted by Crippen LogP contribution is -2.15. The second-order valence-electron chi connectivity index (χ2n) is 2.41. The van der Waals surface area contributed by atoms with E-state index in [4.69, 9.17) is 16.0 Å². The average Bonchev–Trinajstić information content (AvgIpc) is 2.17. The highest BCUT2D eigenvalue weighted by molar-refractivity contribution is 5.64. The fourth-order valence-electron chi connectivity index (χ4n) is 1.15. The minimum atomic E-state index is 0.521. The zero-order chi connectivity index (χ0) is 8.39. The molecular weight excluding hydrogens is 154 g/mol. The summed E-state index contributed by atoms with van der Waals surface area (Å²) in [5.41, 5.74) is 0.521. The van der Waals surface area contributed by atoms with Gasteiger partial charge in [0.1, 0.15) is 13.2 Å². The van der Waals surface area contributed by atoms with Gasteiger partial charge in [-0.1, -0.05) is 12.1 Å². The first-order valence-electron chi connectivity index (χ1n) is 3.68. The second-order valence-corrected chi connectivity index (χ2v) is 2.41. The monoisotopic (exact) mass is 161 g/mol. The Bertz CT molecular complexity index is 341. The van der Waals surface area contributed by atoms with Crippen LogP contribution < -0.4 is 9.47 Å². The van der Waals surface area contributed by atoms with Gasteiger partial charge >= 0.3 is 0 Å². The fraction of sp³-hybridized carbons (Fsp3) is 0.222. The summed E-state index contributed by atoms with van der Waals surface area (Å²) >= 11 is 0. The van der Waals surface area contributed by atoms with E-state index < -0.39 is 0 Å². The van der Waals surface area contributed by atoms with Crippen molar-refractivity contribution in [2.75, 3.05) is 13.2 Å². The summed E-state index contributed by atoms with van der Waals surface area (Å²) in [5, 5.41) is 0. The molecule has 0 saturated heterocycles. The summed E-state index contributed by atoms with van der Waals surface area (Å²) in [6, 6.07) is 5.32.